The van der Waals surface area contributed by atoms with Gasteiger partial charge in [-0.3, -0.25) is 0 Å². The molecule has 260 valence electrons. The van der Waals surface area contributed by atoms with Crippen LogP contribution >= 0.6 is 0 Å². The molecule has 0 bridgehead atoms. The summed E-state index contributed by atoms with van der Waals surface area (Å²) in [6.45, 7) is 9.50. The third-order valence-corrected chi connectivity index (χ3v) is 13.2. The first kappa shape index (κ1) is 31.0. The molecule has 0 radical (unpaired) electrons. The lowest BCUT2D eigenvalue weighted by molar-refractivity contribution is 0.660. The van der Waals surface area contributed by atoms with Crippen molar-refractivity contribution in [3.05, 3.63) is 180 Å². The molecular formula is C54H38O. The minimum atomic E-state index is -0.125. The number of hydrogen-bond donors (Lipinski definition) is 0. The Kier molecular flexibility index (Phi) is 5.98. The van der Waals surface area contributed by atoms with Crippen LogP contribution in [0.3, 0.4) is 0 Å². The highest BCUT2D eigenvalue weighted by Crippen LogP contribution is 2.54. The zero-order valence-electron chi connectivity index (χ0n) is 31.4. The maximum absolute atomic E-state index is 6.34. The van der Waals surface area contributed by atoms with E-state index in [1.54, 1.807) is 0 Å². The molecule has 1 heterocycles. The van der Waals surface area contributed by atoms with E-state index in [0.29, 0.717) is 0 Å². The summed E-state index contributed by atoms with van der Waals surface area (Å²) < 4.78 is 6.34. The second-order valence-corrected chi connectivity index (χ2v) is 16.8. The Labute approximate surface area is 320 Å². The zero-order chi connectivity index (χ0) is 36.8. The summed E-state index contributed by atoms with van der Waals surface area (Å²) in [6, 6.07) is 59.1. The molecule has 0 atom stereocenters. The van der Waals surface area contributed by atoms with Crippen molar-refractivity contribution in [2.45, 2.75) is 38.5 Å². The monoisotopic (exact) mass is 702 g/mol. The van der Waals surface area contributed by atoms with Crippen LogP contribution in [0.1, 0.15) is 49.9 Å². The maximum Gasteiger partial charge on any atom is 0.136 e. The van der Waals surface area contributed by atoms with Gasteiger partial charge in [0.2, 0.25) is 0 Å². The van der Waals surface area contributed by atoms with Gasteiger partial charge in [-0.2, -0.15) is 0 Å². The van der Waals surface area contributed by atoms with Crippen molar-refractivity contribution in [1.29, 1.82) is 0 Å². The van der Waals surface area contributed by atoms with E-state index < -0.39 is 0 Å². The summed E-state index contributed by atoms with van der Waals surface area (Å²) >= 11 is 0. The highest BCUT2D eigenvalue weighted by molar-refractivity contribution is 6.22. The topological polar surface area (TPSA) is 13.1 Å². The molecule has 0 amide bonds. The molecule has 1 aromatic heterocycles. The predicted octanol–water partition coefficient (Wildman–Crippen LogP) is 15.0. The van der Waals surface area contributed by atoms with Gasteiger partial charge in [-0.05, 0) is 135 Å². The summed E-state index contributed by atoms with van der Waals surface area (Å²) in [4.78, 5) is 0. The molecule has 0 fully saturated rings. The molecule has 0 spiro atoms. The average Bonchev–Trinajstić information content (AvgIpc) is 3.78. The van der Waals surface area contributed by atoms with E-state index in [9.17, 15) is 0 Å². The Morgan fingerprint density at radius 2 is 0.873 bits per heavy atom. The SMILES string of the molecule is CC1(C)c2ccccc2-c2ccc(-c3c4ccccc4c(-c4ccc5c(c4)-c4cc6c(ccc7oc8ccccc8c76)cc4C5(C)C)c4ccccc34)cc21. The number of fused-ring (bicyclic) bond motifs is 13. The van der Waals surface area contributed by atoms with E-state index in [4.69, 9.17) is 4.42 Å². The van der Waals surface area contributed by atoms with Crippen LogP contribution in [0.5, 0.6) is 0 Å². The fraction of sp³-hybridized carbons (Fsp3) is 0.111. The molecule has 0 aliphatic heterocycles. The van der Waals surface area contributed by atoms with Crippen LogP contribution < -0.4 is 0 Å². The molecule has 2 aliphatic rings. The second-order valence-electron chi connectivity index (χ2n) is 16.8. The van der Waals surface area contributed by atoms with Crippen molar-refractivity contribution in [3.63, 3.8) is 0 Å². The van der Waals surface area contributed by atoms with E-state index in [2.05, 4.69) is 185 Å². The number of benzene rings is 9. The fourth-order valence-corrected chi connectivity index (χ4v) is 10.6. The van der Waals surface area contributed by atoms with Crippen LogP contribution in [-0.4, -0.2) is 0 Å². The molecule has 55 heavy (non-hydrogen) atoms. The summed E-state index contributed by atoms with van der Waals surface area (Å²) in [5.74, 6) is 0. The standard InChI is InChI=1S/C54H38O/c1-53(2)44-19-11-9-13-34(44)35-24-21-33(29-46(35)53)51-38-16-7-5-14-36(38)50(37-15-6-8-17-39(37)51)32-22-25-45-42(27-32)43-30-41-31(28-47(43)54(45,3)4)23-26-49-52(41)40-18-10-12-20-48(40)55-49/h5-30H,1-4H3. The first-order valence-electron chi connectivity index (χ1n) is 19.5. The van der Waals surface area contributed by atoms with Gasteiger partial charge in [-0.15, -0.1) is 0 Å². The maximum atomic E-state index is 6.34. The Morgan fingerprint density at radius 3 is 1.58 bits per heavy atom. The number of furan rings is 1. The minimum absolute atomic E-state index is 0.0657. The van der Waals surface area contributed by atoms with Gasteiger partial charge in [-0.1, -0.05) is 149 Å². The third-order valence-electron chi connectivity index (χ3n) is 13.2. The number of para-hydroxylation sites is 1. The van der Waals surface area contributed by atoms with Gasteiger partial charge in [0.1, 0.15) is 11.2 Å². The van der Waals surface area contributed by atoms with E-state index in [1.165, 1.54) is 110 Å². The van der Waals surface area contributed by atoms with Gasteiger partial charge < -0.3 is 4.42 Å². The molecule has 9 aromatic carbocycles. The van der Waals surface area contributed by atoms with Gasteiger partial charge in [0.15, 0.2) is 0 Å². The van der Waals surface area contributed by atoms with Crippen molar-refractivity contribution in [3.8, 4) is 44.5 Å². The van der Waals surface area contributed by atoms with Crippen molar-refractivity contribution in [2.75, 3.05) is 0 Å². The lowest BCUT2D eigenvalue weighted by Crippen LogP contribution is -2.14. The molecule has 2 aliphatic carbocycles. The van der Waals surface area contributed by atoms with Crippen LogP contribution in [-0.2, 0) is 10.8 Å². The van der Waals surface area contributed by atoms with E-state index >= 15 is 0 Å². The summed E-state index contributed by atoms with van der Waals surface area (Å²) in [5.41, 5.74) is 17.7. The van der Waals surface area contributed by atoms with Gasteiger partial charge >= 0.3 is 0 Å². The molecule has 10 aromatic rings. The summed E-state index contributed by atoms with van der Waals surface area (Å²) in [6.07, 6.45) is 0. The van der Waals surface area contributed by atoms with E-state index in [1.807, 2.05) is 0 Å². The van der Waals surface area contributed by atoms with Gasteiger partial charge in [0.05, 0.1) is 0 Å². The molecule has 12 rings (SSSR count). The summed E-state index contributed by atoms with van der Waals surface area (Å²) in [7, 11) is 0. The predicted molar refractivity (Wildman–Crippen MR) is 232 cm³/mol. The third kappa shape index (κ3) is 4.03. The van der Waals surface area contributed by atoms with Crippen LogP contribution in [0.4, 0.5) is 0 Å². The van der Waals surface area contributed by atoms with Crippen molar-refractivity contribution >= 4 is 54.3 Å². The quantitative estimate of drug-likeness (QED) is 0.163. The van der Waals surface area contributed by atoms with Crippen LogP contribution in [0.15, 0.2) is 162 Å². The van der Waals surface area contributed by atoms with Crippen LogP contribution in [0.25, 0.3) is 98.8 Å². The van der Waals surface area contributed by atoms with E-state index in [0.717, 1.165) is 11.2 Å². The molecule has 0 saturated heterocycles. The van der Waals surface area contributed by atoms with E-state index in [-0.39, 0.29) is 10.8 Å². The molecule has 0 saturated carbocycles. The number of rotatable bonds is 2. The zero-order valence-corrected chi connectivity index (χ0v) is 31.4. The minimum Gasteiger partial charge on any atom is -0.456 e. The Bertz CT molecular complexity index is 3260. The molecule has 1 heteroatoms. The Hall–Kier alpha value is -6.44. The lowest BCUT2D eigenvalue weighted by atomic mass is 9.80. The van der Waals surface area contributed by atoms with Gasteiger partial charge in [0, 0.05) is 21.6 Å². The Balaban J connectivity index is 1.10. The lowest BCUT2D eigenvalue weighted by Gasteiger charge is -2.23. The van der Waals surface area contributed by atoms with Crippen molar-refractivity contribution in [1.82, 2.24) is 0 Å². The van der Waals surface area contributed by atoms with Crippen molar-refractivity contribution < 1.29 is 4.42 Å². The Morgan fingerprint density at radius 1 is 0.345 bits per heavy atom. The second kappa shape index (κ2) is 10.6. The smallest absolute Gasteiger partial charge is 0.136 e. The molecule has 0 unspecified atom stereocenters. The van der Waals surface area contributed by atoms with Crippen LogP contribution in [0, 0.1) is 0 Å². The average molecular weight is 703 g/mol. The largest absolute Gasteiger partial charge is 0.456 e. The first-order chi connectivity index (χ1) is 26.8. The van der Waals surface area contributed by atoms with Gasteiger partial charge in [0.25, 0.3) is 0 Å². The van der Waals surface area contributed by atoms with Crippen molar-refractivity contribution in [2.24, 2.45) is 0 Å². The van der Waals surface area contributed by atoms with Crippen LogP contribution in [0.2, 0.25) is 0 Å². The highest BCUT2D eigenvalue weighted by atomic mass is 16.3. The fourth-order valence-electron chi connectivity index (χ4n) is 10.6. The molecule has 0 N–H and O–H groups in total. The molecule has 1 nitrogen and oxygen atoms in total. The normalized spacial score (nSPS) is 14.8. The summed E-state index contributed by atoms with van der Waals surface area (Å²) in [5, 5.41) is 10.00. The van der Waals surface area contributed by atoms with Gasteiger partial charge in [-0.25, -0.2) is 0 Å². The molecular weight excluding hydrogens is 665 g/mol. The highest BCUT2D eigenvalue weighted by Gasteiger charge is 2.37. The number of hydrogen-bond acceptors (Lipinski definition) is 1. The first-order valence-corrected chi connectivity index (χ1v) is 19.5.